The number of hydrogen-bond donors (Lipinski definition) is 2. The summed E-state index contributed by atoms with van der Waals surface area (Å²) in [4.78, 5) is 0. The van der Waals surface area contributed by atoms with Gasteiger partial charge in [-0.1, -0.05) is 12.1 Å². The lowest BCUT2D eigenvalue weighted by Gasteiger charge is -2.07. The molecule has 0 aliphatic rings. The molecule has 0 unspecified atom stereocenters. The van der Waals surface area contributed by atoms with Gasteiger partial charge in [-0.3, -0.25) is 0 Å². The molecule has 0 bridgehead atoms. The van der Waals surface area contributed by atoms with Gasteiger partial charge >= 0.3 is 0 Å². The Bertz CT molecular complexity index is 577. The molecule has 0 spiro atoms. The second-order valence-corrected chi connectivity index (χ2v) is 4.68. The third kappa shape index (κ3) is 4.16. The van der Waals surface area contributed by atoms with Gasteiger partial charge in [-0.15, -0.1) is 0 Å². The first-order chi connectivity index (χ1) is 10.1. The number of halogens is 2. The van der Waals surface area contributed by atoms with Crippen LogP contribution in [0.3, 0.4) is 0 Å². The number of benzene rings is 2. The van der Waals surface area contributed by atoms with Crippen molar-refractivity contribution in [3.05, 3.63) is 59.2 Å². The maximum atomic E-state index is 13.2. The predicted octanol–water partition coefficient (Wildman–Crippen LogP) is 3.01. The molecule has 0 radical (unpaired) electrons. The first-order valence-electron chi connectivity index (χ1n) is 6.60. The van der Waals surface area contributed by atoms with Crippen LogP contribution in [0.1, 0.15) is 11.1 Å². The Morgan fingerprint density at radius 3 is 2.24 bits per heavy atom. The standard InChI is InChI=1S/C16H17F2NO2/c1-21-13-4-2-11(3-5-13)6-7-19-10-12-8-14(17)16(20)15(18)9-12/h2-5,8-9,19-20H,6-7,10H2,1H3. The van der Waals surface area contributed by atoms with E-state index in [1.54, 1.807) is 7.11 Å². The van der Waals surface area contributed by atoms with Crippen LogP contribution in [0.25, 0.3) is 0 Å². The zero-order valence-corrected chi connectivity index (χ0v) is 11.7. The van der Waals surface area contributed by atoms with Gasteiger partial charge in [0.05, 0.1) is 7.11 Å². The number of ether oxygens (including phenoxy) is 1. The van der Waals surface area contributed by atoms with Gasteiger partial charge in [0.15, 0.2) is 17.4 Å². The summed E-state index contributed by atoms with van der Waals surface area (Å²) in [7, 11) is 1.62. The number of phenols is 1. The molecule has 2 N–H and O–H groups in total. The summed E-state index contributed by atoms with van der Waals surface area (Å²) in [5.41, 5.74) is 1.60. The number of nitrogens with one attached hydrogen (secondary N) is 1. The van der Waals surface area contributed by atoms with Gasteiger partial charge in [0.1, 0.15) is 5.75 Å². The second kappa shape index (κ2) is 7.04. The summed E-state index contributed by atoms with van der Waals surface area (Å²) in [6, 6.07) is 9.97. The summed E-state index contributed by atoms with van der Waals surface area (Å²) in [6.07, 6.45) is 0.799. The van der Waals surface area contributed by atoms with Gasteiger partial charge in [-0.05, 0) is 48.4 Å². The molecule has 5 heteroatoms. The monoisotopic (exact) mass is 293 g/mol. The fourth-order valence-electron chi connectivity index (χ4n) is 1.98. The van der Waals surface area contributed by atoms with Gasteiger partial charge < -0.3 is 15.2 Å². The van der Waals surface area contributed by atoms with E-state index in [4.69, 9.17) is 9.84 Å². The van der Waals surface area contributed by atoms with Crippen LogP contribution in [0.2, 0.25) is 0 Å². The summed E-state index contributed by atoms with van der Waals surface area (Å²) in [6.45, 7) is 1.01. The molecule has 3 nitrogen and oxygen atoms in total. The maximum Gasteiger partial charge on any atom is 0.187 e. The molecule has 0 aromatic heterocycles. The number of hydrogen-bond acceptors (Lipinski definition) is 3. The third-order valence-electron chi connectivity index (χ3n) is 3.16. The highest BCUT2D eigenvalue weighted by molar-refractivity contribution is 5.30. The van der Waals surface area contributed by atoms with Crippen molar-refractivity contribution in [2.75, 3.05) is 13.7 Å². The molecule has 0 saturated carbocycles. The van der Waals surface area contributed by atoms with Gasteiger partial charge in [-0.2, -0.15) is 0 Å². The van der Waals surface area contributed by atoms with E-state index in [2.05, 4.69) is 5.32 Å². The Hall–Kier alpha value is -2.14. The molecule has 0 aliphatic heterocycles. The van der Waals surface area contributed by atoms with Crippen molar-refractivity contribution < 1.29 is 18.6 Å². The molecule has 0 atom stereocenters. The molecule has 2 aromatic rings. The van der Waals surface area contributed by atoms with E-state index in [1.807, 2.05) is 24.3 Å². The summed E-state index contributed by atoms with van der Waals surface area (Å²) < 4.78 is 31.4. The van der Waals surface area contributed by atoms with E-state index in [-0.39, 0.29) is 0 Å². The number of aromatic hydroxyl groups is 1. The van der Waals surface area contributed by atoms with Crippen molar-refractivity contribution in [3.63, 3.8) is 0 Å². The highest BCUT2D eigenvalue weighted by Crippen LogP contribution is 2.21. The van der Waals surface area contributed by atoms with E-state index in [0.29, 0.717) is 18.7 Å². The highest BCUT2D eigenvalue weighted by Gasteiger charge is 2.09. The lowest BCUT2D eigenvalue weighted by molar-refractivity contribution is 0.395. The Morgan fingerprint density at radius 1 is 1.05 bits per heavy atom. The Balaban J connectivity index is 1.81. The SMILES string of the molecule is COc1ccc(CCNCc2cc(F)c(O)c(F)c2)cc1. The Morgan fingerprint density at radius 2 is 1.67 bits per heavy atom. The van der Waals surface area contributed by atoms with Crippen molar-refractivity contribution in [2.45, 2.75) is 13.0 Å². The molecule has 0 heterocycles. The van der Waals surface area contributed by atoms with Crippen LogP contribution in [0, 0.1) is 11.6 Å². The number of rotatable bonds is 6. The number of phenolic OH excluding ortho intramolecular Hbond substituents is 1. The minimum absolute atomic E-state index is 0.338. The molecule has 0 aliphatic carbocycles. The van der Waals surface area contributed by atoms with Crippen LogP contribution in [-0.2, 0) is 13.0 Å². The summed E-state index contributed by atoms with van der Waals surface area (Å²) in [5, 5.41) is 12.1. The first kappa shape index (κ1) is 15.3. The lowest BCUT2D eigenvalue weighted by atomic mass is 10.1. The average molecular weight is 293 g/mol. The van der Waals surface area contributed by atoms with Crippen LogP contribution < -0.4 is 10.1 Å². The molecule has 0 amide bonds. The van der Waals surface area contributed by atoms with Gasteiger partial charge in [0, 0.05) is 6.54 Å². The smallest absolute Gasteiger partial charge is 0.187 e. The van der Waals surface area contributed by atoms with Crippen LogP contribution in [0.15, 0.2) is 36.4 Å². The Kier molecular flexibility index (Phi) is 5.11. The van der Waals surface area contributed by atoms with Crippen LogP contribution in [0.5, 0.6) is 11.5 Å². The first-order valence-corrected chi connectivity index (χ1v) is 6.60. The molecular formula is C16H17F2NO2. The minimum Gasteiger partial charge on any atom is -0.503 e. The van der Waals surface area contributed by atoms with Gasteiger partial charge in [0.2, 0.25) is 0 Å². The molecule has 0 fully saturated rings. The quantitative estimate of drug-likeness (QED) is 0.804. The molecule has 112 valence electrons. The van der Waals surface area contributed by atoms with Crippen molar-refractivity contribution >= 4 is 0 Å². The van der Waals surface area contributed by atoms with Crippen LogP contribution in [0.4, 0.5) is 8.78 Å². The minimum atomic E-state index is -0.943. The molecular weight excluding hydrogens is 276 g/mol. The topological polar surface area (TPSA) is 41.5 Å². The van der Waals surface area contributed by atoms with Gasteiger partial charge in [-0.25, -0.2) is 8.78 Å². The molecule has 0 saturated heterocycles. The second-order valence-electron chi connectivity index (χ2n) is 4.68. The lowest BCUT2D eigenvalue weighted by Crippen LogP contribution is -2.17. The van der Waals surface area contributed by atoms with Crippen molar-refractivity contribution in [2.24, 2.45) is 0 Å². The summed E-state index contributed by atoms with van der Waals surface area (Å²) >= 11 is 0. The number of methoxy groups -OCH3 is 1. The fraction of sp³-hybridized carbons (Fsp3) is 0.250. The van der Waals surface area contributed by atoms with Crippen molar-refractivity contribution in [3.8, 4) is 11.5 Å². The van der Waals surface area contributed by atoms with E-state index in [1.165, 1.54) is 0 Å². The van der Waals surface area contributed by atoms with Gasteiger partial charge in [0.25, 0.3) is 0 Å². The van der Waals surface area contributed by atoms with Crippen molar-refractivity contribution in [1.29, 1.82) is 0 Å². The molecule has 2 aromatic carbocycles. The van der Waals surface area contributed by atoms with Crippen LogP contribution in [-0.4, -0.2) is 18.8 Å². The van der Waals surface area contributed by atoms with Crippen molar-refractivity contribution in [1.82, 2.24) is 5.32 Å². The summed E-state index contributed by atoms with van der Waals surface area (Å²) in [5.74, 6) is -2.01. The Labute approximate surface area is 122 Å². The van der Waals surface area contributed by atoms with E-state index in [9.17, 15) is 8.78 Å². The maximum absolute atomic E-state index is 13.2. The van der Waals surface area contributed by atoms with E-state index < -0.39 is 17.4 Å². The zero-order valence-electron chi connectivity index (χ0n) is 11.7. The van der Waals surface area contributed by atoms with E-state index in [0.717, 1.165) is 29.9 Å². The normalized spacial score (nSPS) is 10.6. The molecule has 2 rings (SSSR count). The van der Waals surface area contributed by atoms with E-state index >= 15 is 0 Å². The average Bonchev–Trinajstić information content (AvgIpc) is 2.49. The third-order valence-corrected chi connectivity index (χ3v) is 3.16. The predicted molar refractivity (Wildman–Crippen MR) is 76.4 cm³/mol. The fourth-order valence-corrected chi connectivity index (χ4v) is 1.98. The zero-order chi connectivity index (χ0) is 15.2. The highest BCUT2D eigenvalue weighted by atomic mass is 19.1. The molecule has 21 heavy (non-hydrogen) atoms. The van der Waals surface area contributed by atoms with Crippen LogP contribution >= 0.6 is 0 Å². The largest absolute Gasteiger partial charge is 0.503 e.